The zero-order chi connectivity index (χ0) is 32.5. The summed E-state index contributed by atoms with van der Waals surface area (Å²) in [4.78, 5) is 17.1. The Morgan fingerprint density at radius 1 is 0.913 bits per heavy atom. The maximum absolute atomic E-state index is 12.7. The summed E-state index contributed by atoms with van der Waals surface area (Å²) >= 11 is 0. The minimum Gasteiger partial charge on any atom is -0.497 e. The molecule has 0 aliphatic carbocycles. The number of carboxylic acids is 1. The summed E-state index contributed by atoms with van der Waals surface area (Å²) in [7, 11) is 3.10. The van der Waals surface area contributed by atoms with Gasteiger partial charge in [-0.2, -0.15) is 0 Å². The fraction of sp³-hybridized carbons (Fsp3) is 0.278. The highest BCUT2D eigenvalue weighted by Gasteiger charge is 2.22. The molecular formula is C36H37NO9. The number of pyridine rings is 1. The Bertz CT molecular complexity index is 1720. The number of carbonyl (C=O) groups is 1. The van der Waals surface area contributed by atoms with Crippen LogP contribution in [-0.2, 0) is 24.2 Å². The first-order valence-corrected chi connectivity index (χ1v) is 15.0. The summed E-state index contributed by atoms with van der Waals surface area (Å²) in [6.07, 6.45) is 6.13. The van der Waals surface area contributed by atoms with E-state index in [9.17, 15) is 15.0 Å². The molecule has 1 aliphatic rings. The summed E-state index contributed by atoms with van der Waals surface area (Å²) in [5, 5.41) is 19.9. The molecule has 0 saturated heterocycles. The third-order valence-corrected chi connectivity index (χ3v) is 7.50. The van der Waals surface area contributed by atoms with Crippen LogP contribution in [0.1, 0.15) is 35.6 Å². The van der Waals surface area contributed by atoms with Crippen molar-refractivity contribution in [1.82, 2.24) is 4.98 Å². The van der Waals surface area contributed by atoms with Gasteiger partial charge in [-0.25, -0.2) is 4.79 Å². The highest BCUT2D eigenvalue weighted by Crippen LogP contribution is 2.43. The fourth-order valence-electron chi connectivity index (χ4n) is 5.22. The van der Waals surface area contributed by atoms with E-state index in [1.807, 2.05) is 43.3 Å². The van der Waals surface area contributed by atoms with E-state index < -0.39 is 5.97 Å². The number of carboxylic acid groups (broad SMARTS) is 1. The Hall–Kier alpha value is -5.22. The van der Waals surface area contributed by atoms with Crippen LogP contribution in [0.2, 0.25) is 0 Å². The number of benzene rings is 3. The molecule has 3 aromatic carbocycles. The van der Waals surface area contributed by atoms with Crippen LogP contribution in [-0.4, -0.2) is 55.4 Å². The third kappa shape index (κ3) is 7.35. The van der Waals surface area contributed by atoms with E-state index in [2.05, 4.69) is 4.98 Å². The molecule has 0 saturated carbocycles. The molecule has 240 valence electrons. The zero-order valence-electron chi connectivity index (χ0n) is 26.1. The third-order valence-electron chi connectivity index (χ3n) is 7.50. The van der Waals surface area contributed by atoms with Crippen LogP contribution in [0.15, 0.2) is 72.6 Å². The van der Waals surface area contributed by atoms with Gasteiger partial charge in [0.1, 0.15) is 29.6 Å². The van der Waals surface area contributed by atoms with Gasteiger partial charge in [-0.15, -0.1) is 0 Å². The molecule has 1 aromatic heterocycles. The lowest BCUT2D eigenvalue weighted by atomic mass is 9.95. The molecule has 4 aromatic rings. The molecule has 10 nitrogen and oxygen atoms in total. The van der Waals surface area contributed by atoms with Gasteiger partial charge in [0.15, 0.2) is 11.5 Å². The van der Waals surface area contributed by atoms with Gasteiger partial charge in [-0.3, -0.25) is 4.98 Å². The molecule has 0 spiro atoms. The Kier molecular flexibility index (Phi) is 10.6. The van der Waals surface area contributed by atoms with Crippen LogP contribution in [0.25, 0.3) is 17.2 Å². The topological polar surface area (TPSA) is 126 Å². The molecule has 1 aliphatic heterocycles. The molecule has 0 radical (unpaired) electrons. The average Bonchev–Trinajstić information content (AvgIpc) is 3.53. The van der Waals surface area contributed by atoms with E-state index in [1.165, 1.54) is 7.11 Å². The van der Waals surface area contributed by atoms with Crippen molar-refractivity contribution >= 4 is 12.0 Å². The van der Waals surface area contributed by atoms with Gasteiger partial charge >= 0.3 is 5.97 Å². The van der Waals surface area contributed by atoms with Crippen LogP contribution < -0.4 is 28.4 Å². The van der Waals surface area contributed by atoms with Gasteiger partial charge in [0.05, 0.1) is 27.0 Å². The van der Waals surface area contributed by atoms with E-state index in [-0.39, 0.29) is 32.0 Å². The molecule has 0 unspecified atom stereocenters. The second kappa shape index (κ2) is 15.2. The van der Waals surface area contributed by atoms with Crippen molar-refractivity contribution in [1.29, 1.82) is 0 Å². The van der Waals surface area contributed by atoms with Crippen molar-refractivity contribution in [2.24, 2.45) is 0 Å². The molecular weight excluding hydrogens is 590 g/mol. The average molecular weight is 628 g/mol. The normalized spacial score (nSPS) is 12.1. The molecule has 0 fully saturated rings. The van der Waals surface area contributed by atoms with Gasteiger partial charge in [0.2, 0.25) is 6.79 Å². The standard InChI is InChI=1S/C36H37NO9/c1-4-13-43-34-20-37-19-27(15-26(36(39)40)14-25-16-32-33(46-22-45-32)18-30(25)42-3)35(34)29-10-9-28(41-2)17-31(29)44-21-24-8-6-5-7-23(24)11-12-38/h5-10,15-20,38H,4,11-14,21-22H2,1-3H3,(H,39,40)/b26-15+. The van der Waals surface area contributed by atoms with Crippen molar-refractivity contribution in [2.45, 2.75) is 32.8 Å². The number of methoxy groups -OCH3 is 2. The van der Waals surface area contributed by atoms with E-state index in [1.54, 1.807) is 43.8 Å². The summed E-state index contributed by atoms with van der Waals surface area (Å²) in [6.45, 7) is 2.79. The van der Waals surface area contributed by atoms with Crippen molar-refractivity contribution in [3.8, 4) is 45.6 Å². The van der Waals surface area contributed by atoms with Gasteiger partial charge in [-0.05, 0) is 48.2 Å². The molecule has 2 heterocycles. The fourth-order valence-corrected chi connectivity index (χ4v) is 5.22. The molecule has 5 rings (SSSR count). The Morgan fingerprint density at radius 3 is 2.41 bits per heavy atom. The predicted octanol–water partition coefficient (Wildman–Crippen LogP) is 6.11. The van der Waals surface area contributed by atoms with E-state index in [0.29, 0.717) is 69.8 Å². The smallest absolute Gasteiger partial charge is 0.331 e. The molecule has 0 amide bonds. The van der Waals surface area contributed by atoms with Crippen LogP contribution >= 0.6 is 0 Å². The van der Waals surface area contributed by atoms with Gasteiger partial charge in [0, 0.05) is 59.2 Å². The quantitative estimate of drug-likeness (QED) is 0.149. The first-order chi connectivity index (χ1) is 22.4. The number of nitrogens with zero attached hydrogens (tertiary/aromatic N) is 1. The number of ether oxygens (including phenoxy) is 6. The number of aliphatic hydroxyl groups excluding tert-OH is 1. The maximum Gasteiger partial charge on any atom is 0.331 e. The number of aliphatic carboxylic acids is 1. The lowest BCUT2D eigenvalue weighted by Gasteiger charge is -2.19. The predicted molar refractivity (Wildman–Crippen MR) is 172 cm³/mol. The minimum absolute atomic E-state index is 0.0241. The minimum atomic E-state index is -1.10. The van der Waals surface area contributed by atoms with E-state index in [0.717, 1.165) is 17.5 Å². The molecule has 10 heteroatoms. The molecule has 0 bridgehead atoms. The number of aromatic nitrogens is 1. The highest BCUT2D eigenvalue weighted by molar-refractivity contribution is 5.95. The lowest BCUT2D eigenvalue weighted by molar-refractivity contribution is -0.132. The Labute approximate surface area is 267 Å². The van der Waals surface area contributed by atoms with Crippen LogP contribution in [0.4, 0.5) is 0 Å². The second-order valence-electron chi connectivity index (χ2n) is 10.5. The van der Waals surface area contributed by atoms with Crippen molar-refractivity contribution < 1.29 is 43.4 Å². The lowest BCUT2D eigenvalue weighted by Crippen LogP contribution is -2.07. The first kappa shape index (κ1) is 32.2. The van der Waals surface area contributed by atoms with Gasteiger partial charge < -0.3 is 38.6 Å². The number of aliphatic hydroxyl groups is 1. The Morgan fingerprint density at radius 2 is 1.70 bits per heavy atom. The summed E-state index contributed by atoms with van der Waals surface area (Å²) < 4.78 is 34.6. The summed E-state index contributed by atoms with van der Waals surface area (Å²) in [5.74, 6) is 2.04. The zero-order valence-corrected chi connectivity index (χ0v) is 26.1. The SMILES string of the molecule is CCCOc1cncc(/C=C(\Cc2cc3c(cc2OC)OCO3)C(=O)O)c1-c1ccc(OC)cc1OCc1ccccc1CCO. The highest BCUT2D eigenvalue weighted by atomic mass is 16.7. The number of fused-ring (bicyclic) bond motifs is 1. The maximum atomic E-state index is 12.7. The van der Waals surface area contributed by atoms with Crippen LogP contribution in [0, 0.1) is 0 Å². The molecule has 46 heavy (non-hydrogen) atoms. The van der Waals surface area contributed by atoms with Crippen molar-refractivity contribution in [3.63, 3.8) is 0 Å². The summed E-state index contributed by atoms with van der Waals surface area (Å²) in [6, 6.07) is 16.7. The largest absolute Gasteiger partial charge is 0.497 e. The number of hydrogen-bond acceptors (Lipinski definition) is 9. The molecule has 0 atom stereocenters. The van der Waals surface area contributed by atoms with Gasteiger partial charge in [0.25, 0.3) is 0 Å². The van der Waals surface area contributed by atoms with Crippen LogP contribution in [0.5, 0.6) is 34.5 Å². The monoisotopic (exact) mass is 627 g/mol. The number of hydrogen-bond donors (Lipinski definition) is 2. The van der Waals surface area contributed by atoms with Gasteiger partial charge in [-0.1, -0.05) is 31.2 Å². The Balaban J connectivity index is 1.60. The van der Waals surface area contributed by atoms with Crippen molar-refractivity contribution in [2.75, 3.05) is 34.2 Å². The van der Waals surface area contributed by atoms with Crippen LogP contribution in [0.3, 0.4) is 0 Å². The first-order valence-electron chi connectivity index (χ1n) is 15.0. The second-order valence-corrected chi connectivity index (χ2v) is 10.5. The van der Waals surface area contributed by atoms with E-state index in [4.69, 9.17) is 28.4 Å². The van der Waals surface area contributed by atoms with E-state index >= 15 is 0 Å². The van der Waals surface area contributed by atoms with Crippen molar-refractivity contribution in [3.05, 3.63) is 94.8 Å². The molecule has 2 N–H and O–H groups in total. The number of rotatable bonds is 15. The summed E-state index contributed by atoms with van der Waals surface area (Å²) in [5.41, 5.74) is 4.48.